The Hall–Kier alpha value is -9.32. The molecule has 0 amide bonds. The van der Waals surface area contributed by atoms with E-state index in [9.17, 15) is 0 Å². The summed E-state index contributed by atoms with van der Waals surface area (Å²) in [7, 11) is 0. The highest BCUT2D eigenvalue weighted by atomic mass is 16.3. The average Bonchev–Trinajstić information content (AvgIpc) is 4.13. The van der Waals surface area contributed by atoms with Gasteiger partial charge in [0.1, 0.15) is 22.3 Å². The van der Waals surface area contributed by atoms with Crippen molar-refractivity contribution in [1.82, 2.24) is 0 Å². The molecule has 14 rings (SSSR count). The second-order valence-electron chi connectivity index (χ2n) is 19.4. The molecule has 0 aliphatic rings. The predicted octanol–water partition coefficient (Wildman–Crippen LogP) is 20.0. The molecule has 0 spiro atoms. The third-order valence-electron chi connectivity index (χ3n) is 14.9. The van der Waals surface area contributed by atoms with Crippen LogP contribution in [0, 0.1) is 27.7 Å². The molecule has 3 aromatic heterocycles. The number of fused-ring (bicyclic) bond motifs is 11. The van der Waals surface area contributed by atoms with Crippen LogP contribution in [0.2, 0.25) is 0 Å². The van der Waals surface area contributed by atoms with E-state index in [1.54, 1.807) is 0 Å². The van der Waals surface area contributed by atoms with Gasteiger partial charge in [0.25, 0.3) is 0 Å². The molecule has 14 aromatic rings. The summed E-state index contributed by atoms with van der Waals surface area (Å²) in [6, 6.07) is 77.9. The first-order valence-electron chi connectivity index (χ1n) is 25.0. The Morgan fingerprint density at radius 1 is 0.274 bits per heavy atom. The smallest absolute Gasteiger partial charge is 0.159 e. The molecule has 0 fully saturated rings. The number of nitrogens with zero attached hydrogens (tertiary/aromatic N) is 2. The third-order valence-corrected chi connectivity index (χ3v) is 14.9. The van der Waals surface area contributed by atoms with Crippen LogP contribution in [0.5, 0.6) is 0 Å². The van der Waals surface area contributed by atoms with Gasteiger partial charge < -0.3 is 23.1 Å². The van der Waals surface area contributed by atoms with Crippen molar-refractivity contribution in [3.05, 3.63) is 241 Å². The molecule has 0 radical (unpaired) electrons. The highest BCUT2D eigenvalue weighted by Crippen LogP contribution is 2.50. The fraction of sp³-hybridized carbons (Fsp3) is 0.0588. The van der Waals surface area contributed by atoms with Gasteiger partial charge >= 0.3 is 0 Å². The zero-order valence-corrected chi connectivity index (χ0v) is 40.9. The molecule has 73 heavy (non-hydrogen) atoms. The van der Waals surface area contributed by atoms with E-state index >= 15 is 0 Å². The monoisotopic (exact) mass is 940 g/mol. The van der Waals surface area contributed by atoms with Crippen LogP contribution in [0.25, 0.3) is 98.8 Å². The molecule has 0 N–H and O–H groups in total. The molecule has 5 heteroatoms. The number of hydrogen-bond donors (Lipinski definition) is 0. The van der Waals surface area contributed by atoms with Gasteiger partial charge in [0.15, 0.2) is 11.2 Å². The van der Waals surface area contributed by atoms with Crippen molar-refractivity contribution < 1.29 is 13.3 Å². The first-order valence-corrected chi connectivity index (χ1v) is 25.0. The summed E-state index contributed by atoms with van der Waals surface area (Å²) in [4.78, 5) is 4.64. The van der Waals surface area contributed by atoms with Gasteiger partial charge in [0.2, 0.25) is 0 Å². The quantitative estimate of drug-likeness (QED) is 0.152. The number of anilines is 6. The maximum Gasteiger partial charge on any atom is 0.159 e. The lowest BCUT2D eigenvalue weighted by molar-refractivity contribution is 0.667. The average molecular weight is 941 g/mol. The summed E-state index contributed by atoms with van der Waals surface area (Å²) in [5.41, 5.74) is 20.1. The largest absolute Gasteiger partial charge is 0.456 e. The van der Waals surface area contributed by atoms with Crippen molar-refractivity contribution in [1.29, 1.82) is 0 Å². The van der Waals surface area contributed by atoms with Crippen LogP contribution in [-0.2, 0) is 0 Å². The summed E-state index contributed by atoms with van der Waals surface area (Å²) < 4.78 is 21.3. The Morgan fingerprint density at radius 2 is 0.712 bits per heavy atom. The SMILES string of the molecule is Cc1ccc(N(c2ccc3c(c2)oc2cc(N(c4ccc(C)cc4)c4cccc5c4oc4c(-c6ccccc6C)cccc45)c4ccccc4c23)c2cccc3c2oc2c(-c4ccccc4C)cccc23)cc1. The van der Waals surface area contributed by atoms with Crippen LogP contribution in [0.1, 0.15) is 22.3 Å². The van der Waals surface area contributed by atoms with E-state index in [-0.39, 0.29) is 0 Å². The van der Waals surface area contributed by atoms with E-state index in [4.69, 9.17) is 13.3 Å². The van der Waals surface area contributed by atoms with Crippen molar-refractivity contribution in [3.63, 3.8) is 0 Å². The van der Waals surface area contributed by atoms with E-state index in [0.717, 1.165) is 133 Å². The van der Waals surface area contributed by atoms with Crippen LogP contribution in [0.3, 0.4) is 0 Å². The maximum absolute atomic E-state index is 7.15. The van der Waals surface area contributed by atoms with E-state index < -0.39 is 0 Å². The van der Waals surface area contributed by atoms with Crippen LogP contribution >= 0.6 is 0 Å². The van der Waals surface area contributed by atoms with Gasteiger partial charge in [-0.2, -0.15) is 0 Å². The molecule has 11 aromatic carbocycles. The van der Waals surface area contributed by atoms with Crippen molar-refractivity contribution in [2.45, 2.75) is 27.7 Å². The van der Waals surface area contributed by atoms with Gasteiger partial charge in [-0.15, -0.1) is 0 Å². The molecule has 0 aliphatic carbocycles. The van der Waals surface area contributed by atoms with Gasteiger partial charge in [-0.25, -0.2) is 0 Å². The second kappa shape index (κ2) is 16.6. The van der Waals surface area contributed by atoms with Gasteiger partial charge in [0, 0.05) is 72.3 Å². The first-order chi connectivity index (χ1) is 35.9. The normalized spacial score (nSPS) is 11.8. The highest BCUT2D eigenvalue weighted by Gasteiger charge is 2.26. The van der Waals surface area contributed by atoms with Crippen LogP contribution in [0.4, 0.5) is 34.1 Å². The lowest BCUT2D eigenvalue weighted by atomic mass is 9.98. The maximum atomic E-state index is 7.15. The summed E-state index contributed by atoms with van der Waals surface area (Å²) in [5, 5.41) is 8.60. The Bertz CT molecular complexity index is 4500. The van der Waals surface area contributed by atoms with Gasteiger partial charge in [-0.3, -0.25) is 0 Å². The van der Waals surface area contributed by atoms with Crippen molar-refractivity contribution in [3.8, 4) is 22.3 Å². The number of benzene rings is 11. The highest BCUT2D eigenvalue weighted by molar-refractivity contribution is 6.24. The van der Waals surface area contributed by atoms with E-state index in [2.05, 4.69) is 256 Å². The molecule has 0 unspecified atom stereocenters. The molecule has 0 saturated heterocycles. The Morgan fingerprint density at radius 3 is 1.27 bits per heavy atom. The molecule has 0 atom stereocenters. The van der Waals surface area contributed by atoms with Crippen molar-refractivity contribution in [2.24, 2.45) is 0 Å². The van der Waals surface area contributed by atoms with E-state index in [1.165, 1.54) is 22.3 Å². The fourth-order valence-corrected chi connectivity index (χ4v) is 11.3. The minimum absolute atomic E-state index is 0.788. The Kier molecular flexibility index (Phi) is 9.70. The summed E-state index contributed by atoms with van der Waals surface area (Å²) in [5.74, 6) is 0. The topological polar surface area (TPSA) is 45.9 Å². The number of aryl methyl sites for hydroxylation is 4. The van der Waals surface area contributed by atoms with Crippen LogP contribution in [-0.4, -0.2) is 0 Å². The number of furan rings is 3. The van der Waals surface area contributed by atoms with Crippen LogP contribution < -0.4 is 9.80 Å². The minimum Gasteiger partial charge on any atom is -0.456 e. The molecular weight excluding hydrogens is 893 g/mol. The van der Waals surface area contributed by atoms with E-state index in [0.29, 0.717) is 0 Å². The van der Waals surface area contributed by atoms with Gasteiger partial charge in [0.05, 0.1) is 22.7 Å². The van der Waals surface area contributed by atoms with Crippen molar-refractivity contribution in [2.75, 3.05) is 9.80 Å². The molecule has 348 valence electrons. The third kappa shape index (κ3) is 6.77. The Labute approximate surface area is 422 Å². The zero-order chi connectivity index (χ0) is 48.9. The van der Waals surface area contributed by atoms with Crippen molar-refractivity contribution >= 4 is 111 Å². The van der Waals surface area contributed by atoms with Crippen LogP contribution in [0.15, 0.2) is 232 Å². The molecule has 0 bridgehead atoms. The fourth-order valence-electron chi connectivity index (χ4n) is 11.3. The molecule has 0 aliphatic heterocycles. The lowest BCUT2D eigenvalue weighted by Crippen LogP contribution is -2.11. The minimum atomic E-state index is 0.788. The second-order valence-corrected chi connectivity index (χ2v) is 19.4. The molecule has 5 nitrogen and oxygen atoms in total. The lowest BCUT2D eigenvalue weighted by Gasteiger charge is -2.27. The summed E-state index contributed by atoms with van der Waals surface area (Å²) >= 11 is 0. The molecule has 3 heterocycles. The Balaban J connectivity index is 0.972. The summed E-state index contributed by atoms with van der Waals surface area (Å²) in [6.07, 6.45) is 0. The molecule has 0 saturated carbocycles. The number of hydrogen-bond acceptors (Lipinski definition) is 5. The first kappa shape index (κ1) is 42.5. The van der Waals surface area contributed by atoms with Gasteiger partial charge in [-0.05, 0) is 104 Å². The van der Waals surface area contributed by atoms with E-state index in [1.807, 2.05) is 0 Å². The summed E-state index contributed by atoms with van der Waals surface area (Å²) in [6.45, 7) is 8.57. The number of para-hydroxylation sites is 4. The predicted molar refractivity (Wildman–Crippen MR) is 305 cm³/mol. The number of rotatable bonds is 8. The standard InChI is InChI=1S/C68H48N2O3/c1-41-29-33-45(34-30-41)69(59-27-13-25-56-54-23-11-21-52(65(54)72-67(56)59)48-17-7-5-15-43(48)3)47-37-38-58-62(39-47)71-63-40-61(50-19-9-10-20-51(50)64(58)63)70(46-35-31-42(2)32-36-46)60-28-14-26-57-55-24-12-22-53(66(55)73-68(57)60)49-18-8-6-16-44(49)4/h5-40H,1-4H3. The zero-order valence-electron chi connectivity index (χ0n) is 40.9. The molecular formula is C68H48N2O3. The van der Waals surface area contributed by atoms with Gasteiger partial charge in [-0.1, -0.05) is 169 Å².